The molecule has 4 rings (SSSR count). The van der Waals surface area contributed by atoms with Gasteiger partial charge < -0.3 is 15.4 Å². The Balaban J connectivity index is 1.29. The summed E-state index contributed by atoms with van der Waals surface area (Å²) < 4.78 is 5.80. The van der Waals surface area contributed by atoms with Crippen LogP contribution in [0.5, 0.6) is 5.75 Å². The number of carbonyl (C=O) groups is 2. The maximum Gasteiger partial charge on any atom is 0.253 e. The molecule has 2 aromatic carbocycles. The highest BCUT2D eigenvalue weighted by Gasteiger charge is 2.36. The standard InChI is InChI=1S/C24H29N3O3/c25-23(28)22-7-4-14-27(22)20-12-15-26(16-13-20)24(29)19-8-10-21(11-9-19)30-17-18-5-2-1-3-6-18/h1-3,5-6,8-11,20,22H,4,7,12-17H2,(H2,25,28)/t22-/m1/s1. The van der Waals surface area contributed by atoms with E-state index in [4.69, 9.17) is 10.5 Å². The average molecular weight is 408 g/mol. The molecule has 1 atom stereocenters. The van der Waals surface area contributed by atoms with Crippen molar-refractivity contribution in [2.24, 2.45) is 5.73 Å². The van der Waals surface area contributed by atoms with Crippen LogP contribution in [0.15, 0.2) is 54.6 Å². The molecule has 6 heteroatoms. The number of nitrogens with zero attached hydrogens (tertiary/aromatic N) is 2. The van der Waals surface area contributed by atoms with E-state index in [0.717, 1.165) is 43.5 Å². The highest BCUT2D eigenvalue weighted by atomic mass is 16.5. The Bertz CT molecular complexity index is 861. The second-order valence-electron chi connectivity index (χ2n) is 8.12. The first-order valence-electron chi connectivity index (χ1n) is 10.7. The maximum absolute atomic E-state index is 12.9. The highest BCUT2D eigenvalue weighted by Crippen LogP contribution is 2.26. The van der Waals surface area contributed by atoms with Crippen molar-refractivity contribution in [2.45, 2.75) is 44.4 Å². The fourth-order valence-corrected chi connectivity index (χ4v) is 4.55. The zero-order valence-corrected chi connectivity index (χ0v) is 17.2. The predicted molar refractivity (Wildman–Crippen MR) is 115 cm³/mol. The smallest absolute Gasteiger partial charge is 0.253 e. The number of ether oxygens (including phenoxy) is 1. The molecular weight excluding hydrogens is 378 g/mol. The largest absolute Gasteiger partial charge is 0.489 e. The molecule has 2 saturated heterocycles. The molecule has 2 aliphatic heterocycles. The van der Waals surface area contributed by atoms with Crippen molar-refractivity contribution < 1.29 is 14.3 Å². The quantitative estimate of drug-likeness (QED) is 0.799. The van der Waals surface area contributed by atoms with Crippen LogP contribution in [-0.4, -0.2) is 53.3 Å². The molecule has 2 amide bonds. The third-order valence-electron chi connectivity index (χ3n) is 6.19. The van der Waals surface area contributed by atoms with Crippen LogP contribution in [0.25, 0.3) is 0 Å². The van der Waals surface area contributed by atoms with E-state index in [1.54, 1.807) is 0 Å². The van der Waals surface area contributed by atoms with Gasteiger partial charge >= 0.3 is 0 Å². The Hall–Kier alpha value is -2.86. The van der Waals surface area contributed by atoms with Gasteiger partial charge in [-0.05, 0) is 62.1 Å². The molecule has 30 heavy (non-hydrogen) atoms. The fraction of sp³-hybridized carbons (Fsp3) is 0.417. The van der Waals surface area contributed by atoms with Crippen LogP contribution in [0.3, 0.4) is 0 Å². The van der Waals surface area contributed by atoms with Gasteiger partial charge in [-0.15, -0.1) is 0 Å². The summed E-state index contributed by atoms with van der Waals surface area (Å²) in [6, 6.07) is 17.6. The first-order chi connectivity index (χ1) is 14.6. The number of nitrogens with two attached hydrogens (primary N) is 1. The number of benzene rings is 2. The zero-order valence-electron chi connectivity index (χ0n) is 17.2. The minimum atomic E-state index is -0.222. The van der Waals surface area contributed by atoms with E-state index in [9.17, 15) is 9.59 Å². The average Bonchev–Trinajstić information content (AvgIpc) is 3.29. The number of hydrogen-bond donors (Lipinski definition) is 1. The van der Waals surface area contributed by atoms with Gasteiger partial charge in [0.15, 0.2) is 0 Å². The molecule has 0 unspecified atom stereocenters. The summed E-state index contributed by atoms with van der Waals surface area (Å²) in [7, 11) is 0. The number of rotatable bonds is 6. The molecule has 2 N–H and O–H groups in total. The normalized spacial score (nSPS) is 20.3. The fourth-order valence-electron chi connectivity index (χ4n) is 4.55. The molecule has 2 aliphatic rings. The summed E-state index contributed by atoms with van der Waals surface area (Å²) in [4.78, 5) is 28.7. The van der Waals surface area contributed by atoms with Crippen LogP contribution in [0.1, 0.15) is 41.6 Å². The van der Waals surface area contributed by atoms with Crippen molar-refractivity contribution in [1.82, 2.24) is 9.80 Å². The molecule has 0 spiro atoms. The molecule has 0 aromatic heterocycles. The third-order valence-corrected chi connectivity index (χ3v) is 6.19. The van der Waals surface area contributed by atoms with Gasteiger partial charge in [0.25, 0.3) is 5.91 Å². The number of carbonyl (C=O) groups excluding carboxylic acids is 2. The summed E-state index contributed by atoms with van der Waals surface area (Å²) in [6.45, 7) is 2.84. The molecule has 2 heterocycles. The molecule has 0 bridgehead atoms. The second-order valence-corrected chi connectivity index (χ2v) is 8.12. The lowest BCUT2D eigenvalue weighted by Crippen LogP contribution is -2.51. The number of amides is 2. The Morgan fingerprint density at radius 1 is 0.933 bits per heavy atom. The van der Waals surface area contributed by atoms with Gasteiger partial charge in [-0.2, -0.15) is 0 Å². The minimum absolute atomic E-state index is 0.0518. The monoisotopic (exact) mass is 407 g/mol. The minimum Gasteiger partial charge on any atom is -0.489 e. The van der Waals surface area contributed by atoms with Crippen LogP contribution >= 0.6 is 0 Å². The topological polar surface area (TPSA) is 75.9 Å². The maximum atomic E-state index is 12.9. The number of primary amides is 1. The van der Waals surface area contributed by atoms with E-state index >= 15 is 0 Å². The van der Waals surface area contributed by atoms with E-state index in [1.807, 2.05) is 59.5 Å². The SMILES string of the molecule is NC(=O)[C@H]1CCCN1C1CCN(C(=O)c2ccc(OCc3ccccc3)cc2)CC1. The first-order valence-corrected chi connectivity index (χ1v) is 10.7. The van der Waals surface area contributed by atoms with Crippen LogP contribution in [0.2, 0.25) is 0 Å². The molecular formula is C24H29N3O3. The zero-order chi connectivity index (χ0) is 20.9. The molecule has 0 saturated carbocycles. The Morgan fingerprint density at radius 3 is 2.30 bits per heavy atom. The number of hydrogen-bond acceptors (Lipinski definition) is 4. The predicted octanol–water partition coefficient (Wildman–Crippen LogP) is 2.82. The van der Waals surface area contributed by atoms with Crippen LogP contribution < -0.4 is 10.5 Å². The van der Waals surface area contributed by atoms with Crippen molar-refractivity contribution in [3.63, 3.8) is 0 Å². The van der Waals surface area contributed by atoms with Gasteiger partial charge in [-0.25, -0.2) is 0 Å². The second kappa shape index (κ2) is 9.30. The highest BCUT2D eigenvalue weighted by molar-refractivity contribution is 5.94. The number of piperidine rings is 1. The van der Waals surface area contributed by atoms with E-state index < -0.39 is 0 Å². The molecule has 158 valence electrons. The van der Waals surface area contributed by atoms with Gasteiger partial charge in [0.1, 0.15) is 12.4 Å². The van der Waals surface area contributed by atoms with E-state index in [2.05, 4.69) is 4.90 Å². The molecule has 0 radical (unpaired) electrons. The van der Waals surface area contributed by atoms with Gasteiger partial charge in [-0.3, -0.25) is 14.5 Å². The molecule has 6 nitrogen and oxygen atoms in total. The van der Waals surface area contributed by atoms with Crippen molar-refractivity contribution in [2.75, 3.05) is 19.6 Å². The van der Waals surface area contributed by atoms with Crippen molar-refractivity contribution >= 4 is 11.8 Å². The van der Waals surface area contributed by atoms with Gasteiger partial charge in [-0.1, -0.05) is 30.3 Å². The van der Waals surface area contributed by atoms with E-state index in [1.165, 1.54) is 0 Å². The summed E-state index contributed by atoms with van der Waals surface area (Å²) in [6.07, 6.45) is 3.64. The molecule has 2 fully saturated rings. The van der Waals surface area contributed by atoms with Crippen LogP contribution in [0, 0.1) is 0 Å². The number of likely N-dealkylation sites (tertiary alicyclic amines) is 2. The Labute approximate surface area is 177 Å². The van der Waals surface area contributed by atoms with Crippen LogP contribution in [0.4, 0.5) is 0 Å². The summed E-state index contributed by atoms with van der Waals surface area (Å²) in [5, 5.41) is 0. The lowest BCUT2D eigenvalue weighted by Gasteiger charge is -2.38. The van der Waals surface area contributed by atoms with Crippen molar-refractivity contribution in [3.05, 3.63) is 65.7 Å². The lowest BCUT2D eigenvalue weighted by molar-refractivity contribution is -0.123. The lowest BCUT2D eigenvalue weighted by atomic mass is 10.0. The van der Waals surface area contributed by atoms with Crippen molar-refractivity contribution in [3.8, 4) is 5.75 Å². The van der Waals surface area contributed by atoms with Crippen LogP contribution in [-0.2, 0) is 11.4 Å². The molecule has 0 aliphatic carbocycles. The van der Waals surface area contributed by atoms with E-state index in [0.29, 0.717) is 31.3 Å². The Morgan fingerprint density at radius 2 is 1.63 bits per heavy atom. The Kier molecular flexibility index (Phi) is 6.33. The van der Waals surface area contributed by atoms with Gasteiger partial charge in [0.05, 0.1) is 6.04 Å². The van der Waals surface area contributed by atoms with E-state index in [-0.39, 0.29) is 17.9 Å². The summed E-state index contributed by atoms with van der Waals surface area (Å²) >= 11 is 0. The molecule has 2 aromatic rings. The van der Waals surface area contributed by atoms with Gasteiger partial charge in [0.2, 0.25) is 5.91 Å². The van der Waals surface area contributed by atoms with Crippen molar-refractivity contribution in [1.29, 1.82) is 0 Å². The first kappa shape index (κ1) is 20.4. The third kappa shape index (κ3) is 4.65. The summed E-state index contributed by atoms with van der Waals surface area (Å²) in [5.41, 5.74) is 7.34. The van der Waals surface area contributed by atoms with Gasteiger partial charge in [0, 0.05) is 24.7 Å². The summed E-state index contributed by atoms with van der Waals surface area (Å²) in [5.74, 6) is 0.581.